The maximum absolute atomic E-state index is 13.4. The number of nitrogens with one attached hydrogen (secondary N) is 1. The summed E-state index contributed by atoms with van der Waals surface area (Å²) in [6.07, 6.45) is 1.32. The van der Waals surface area contributed by atoms with Crippen LogP contribution in [0.15, 0.2) is 47.4 Å². The molecule has 120 valence electrons. The van der Waals surface area contributed by atoms with E-state index < -0.39 is 16.4 Å². The number of aromatic nitrogens is 1. The zero-order chi connectivity index (χ0) is 16.8. The van der Waals surface area contributed by atoms with Gasteiger partial charge in [0.1, 0.15) is 12.4 Å². The number of benzene rings is 1. The monoisotopic (exact) mass is 319 g/mol. The van der Waals surface area contributed by atoms with Gasteiger partial charge in [-0.1, -0.05) is 18.2 Å². The average Bonchev–Trinajstić information content (AvgIpc) is 2.51. The van der Waals surface area contributed by atoms with Gasteiger partial charge >= 0.3 is 0 Å². The Labute approximate surface area is 130 Å². The van der Waals surface area contributed by atoms with Gasteiger partial charge in [0.05, 0.1) is 11.1 Å². The molecule has 0 aliphatic rings. The maximum Gasteiger partial charge on any atom is 0.285 e. The molecule has 0 saturated heterocycles. The van der Waals surface area contributed by atoms with Gasteiger partial charge in [-0.2, -0.15) is 0 Å². The maximum atomic E-state index is 13.4. The lowest BCUT2D eigenvalue weighted by molar-refractivity contribution is -0.385. The van der Waals surface area contributed by atoms with Crippen LogP contribution in [0.2, 0.25) is 0 Å². The number of hydrogen-bond acceptors (Lipinski definition) is 4. The summed E-state index contributed by atoms with van der Waals surface area (Å²) in [6, 6.07) is 8.33. The minimum atomic E-state index is -0.647. The Balaban J connectivity index is 1.93. The molecule has 23 heavy (non-hydrogen) atoms. The predicted molar refractivity (Wildman–Crippen MR) is 80.5 cm³/mol. The van der Waals surface area contributed by atoms with Crippen molar-refractivity contribution in [1.82, 2.24) is 9.88 Å². The highest BCUT2D eigenvalue weighted by Crippen LogP contribution is 2.07. The van der Waals surface area contributed by atoms with Crippen molar-refractivity contribution >= 4 is 11.6 Å². The number of rotatable bonds is 6. The Bertz CT molecular complexity index is 788. The molecule has 0 radical (unpaired) electrons. The molecule has 1 N–H and O–H groups in total. The van der Waals surface area contributed by atoms with Crippen LogP contribution in [-0.2, 0) is 17.8 Å². The van der Waals surface area contributed by atoms with Gasteiger partial charge in [-0.3, -0.25) is 24.3 Å². The molecule has 1 amide bonds. The van der Waals surface area contributed by atoms with Crippen LogP contribution in [0.25, 0.3) is 0 Å². The molecule has 0 spiro atoms. The molecule has 0 fully saturated rings. The molecule has 2 aromatic rings. The summed E-state index contributed by atoms with van der Waals surface area (Å²) in [4.78, 5) is 33.4. The zero-order valence-electron chi connectivity index (χ0n) is 12.1. The molecule has 2 rings (SSSR count). The highest BCUT2D eigenvalue weighted by molar-refractivity contribution is 5.75. The molecule has 0 saturated carbocycles. The van der Waals surface area contributed by atoms with Crippen LogP contribution in [0.1, 0.15) is 5.56 Å². The molecule has 1 aromatic carbocycles. The lowest BCUT2D eigenvalue weighted by atomic mass is 10.1. The van der Waals surface area contributed by atoms with Crippen LogP contribution >= 0.6 is 0 Å². The zero-order valence-corrected chi connectivity index (χ0v) is 12.1. The van der Waals surface area contributed by atoms with Gasteiger partial charge in [-0.15, -0.1) is 0 Å². The van der Waals surface area contributed by atoms with E-state index in [1.54, 1.807) is 18.2 Å². The summed E-state index contributed by atoms with van der Waals surface area (Å²) in [7, 11) is 0. The number of halogens is 1. The van der Waals surface area contributed by atoms with E-state index in [4.69, 9.17) is 0 Å². The average molecular weight is 319 g/mol. The summed E-state index contributed by atoms with van der Waals surface area (Å²) < 4.78 is 14.4. The molecule has 0 bridgehead atoms. The van der Waals surface area contributed by atoms with Crippen molar-refractivity contribution in [1.29, 1.82) is 0 Å². The van der Waals surface area contributed by atoms with E-state index in [1.165, 1.54) is 6.07 Å². The van der Waals surface area contributed by atoms with Crippen molar-refractivity contribution in [3.63, 3.8) is 0 Å². The van der Waals surface area contributed by atoms with Crippen LogP contribution in [0, 0.1) is 15.9 Å². The van der Waals surface area contributed by atoms with Crippen LogP contribution in [0.3, 0.4) is 0 Å². The van der Waals surface area contributed by atoms with Gasteiger partial charge in [-0.25, -0.2) is 4.39 Å². The molecule has 0 unspecified atom stereocenters. The van der Waals surface area contributed by atoms with Crippen LogP contribution in [-0.4, -0.2) is 21.9 Å². The molecule has 1 aromatic heterocycles. The van der Waals surface area contributed by atoms with Gasteiger partial charge in [0.15, 0.2) is 0 Å². The number of carbonyl (C=O) groups is 1. The van der Waals surface area contributed by atoms with E-state index in [2.05, 4.69) is 5.32 Å². The number of amides is 1. The van der Waals surface area contributed by atoms with Crippen LogP contribution < -0.4 is 10.9 Å². The van der Waals surface area contributed by atoms with E-state index in [-0.39, 0.29) is 24.6 Å². The topological polar surface area (TPSA) is 94.2 Å². The Morgan fingerprint density at radius 1 is 1.26 bits per heavy atom. The van der Waals surface area contributed by atoms with E-state index in [0.717, 1.165) is 22.9 Å². The van der Waals surface area contributed by atoms with E-state index in [1.807, 2.05) is 0 Å². The Kier molecular flexibility index (Phi) is 5.19. The Morgan fingerprint density at radius 2 is 2.00 bits per heavy atom. The third-order valence-corrected chi connectivity index (χ3v) is 3.17. The van der Waals surface area contributed by atoms with Crippen molar-refractivity contribution < 1.29 is 14.1 Å². The summed E-state index contributed by atoms with van der Waals surface area (Å²) in [5.41, 5.74) is -0.316. The lowest BCUT2D eigenvalue weighted by Crippen LogP contribution is -2.33. The normalized spacial score (nSPS) is 10.3. The summed E-state index contributed by atoms with van der Waals surface area (Å²) in [6.45, 7) is -0.138. The number of nitro groups is 1. The first-order valence-electron chi connectivity index (χ1n) is 6.82. The Morgan fingerprint density at radius 3 is 2.70 bits per heavy atom. The largest absolute Gasteiger partial charge is 0.354 e. The van der Waals surface area contributed by atoms with Gasteiger partial charge in [-0.05, 0) is 18.1 Å². The second-order valence-electron chi connectivity index (χ2n) is 4.80. The molecule has 8 heteroatoms. The SMILES string of the molecule is O=C(Cn1cc([N+](=O)[O-])ccc1=O)NCCc1ccccc1F. The van der Waals surface area contributed by atoms with E-state index in [0.29, 0.717) is 12.0 Å². The molecule has 0 aliphatic heterocycles. The number of nitrogens with zero attached hydrogens (tertiary/aromatic N) is 2. The van der Waals surface area contributed by atoms with E-state index in [9.17, 15) is 24.1 Å². The second kappa shape index (κ2) is 7.30. The Hall–Kier alpha value is -3.03. The summed E-state index contributed by atoms with van der Waals surface area (Å²) >= 11 is 0. The summed E-state index contributed by atoms with van der Waals surface area (Å²) in [5, 5.41) is 13.2. The van der Waals surface area contributed by atoms with Crippen molar-refractivity contribution in [3.8, 4) is 0 Å². The predicted octanol–water partition coefficient (Wildman–Crippen LogP) is 1.25. The smallest absolute Gasteiger partial charge is 0.285 e. The number of carbonyl (C=O) groups excluding carboxylic acids is 1. The first kappa shape index (κ1) is 16.3. The quantitative estimate of drug-likeness (QED) is 0.640. The third-order valence-electron chi connectivity index (χ3n) is 3.17. The number of hydrogen-bond donors (Lipinski definition) is 1. The van der Waals surface area contributed by atoms with Crippen LogP contribution in [0.4, 0.5) is 10.1 Å². The minimum Gasteiger partial charge on any atom is -0.354 e. The fourth-order valence-corrected chi connectivity index (χ4v) is 2.00. The molecular weight excluding hydrogens is 305 g/mol. The van der Waals surface area contributed by atoms with Crippen LogP contribution in [0.5, 0.6) is 0 Å². The molecule has 0 aliphatic carbocycles. The molecule has 7 nitrogen and oxygen atoms in total. The van der Waals surface area contributed by atoms with Gasteiger partial charge in [0.25, 0.3) is 11.2 Å². The van der Waals surface area contributed by atoms with E-state index >= 15 is 0 Å². The fourth-order valence-electron chi connectivity index (χ4n) is 2.00. The number of pyridine rings is 1. The standard InChI is InChI=1S/C15H14FN3O4/c16-13-4-2-1-3-11(13)7-8-17-14(20)10-18-9-12(19(22)23)5-6-15(18)21/h1-6,9H,7-8,10H2,(H,17,20). The summed E-state index contributed by atoms with van der Waals surface area (Å²) in [5.74, 6) is -0.833. The lowest BCUT2D eigenvalue weighted by Gasteiger charge is -2.07. The first-order chi connectivity index (χ1) is 11.0. The van der Waals surface area contributed by atoms with Gasteiger partial charge < -0.3 is 5.32 Å². The van der Waals surface area contributed by atoms with Gasteiger partial charge in [0, 0.05) is 18.7 Å². The third kappa shape index (κ3) is 4.47. The molecule has 0 atom stereocenters. The first-order valence-corrected chi connectivity index (χ1v) is 6.82. The second-order valence-corrected chi connectivity index (χ2v) is 4.80. The highest BCUT2D eigenvalue weighted by atomic mass is 19.1. The van der Waals surface area contributed by atoms with Crippen molar-refractivity contribution in [3.05, 3.63) is 74.4 Å². The van der Waals surface area contributed by atoms with Gasteiger partial charge in [0.2, 0.25) is 5.91 Å². The highest BCUT2D eigenvalue weighted by Gasteiger charge is 2.10. The fraction of sp³-hybridized carbons (Fsp3) is 0.200. The van der Waals surface area contributed by atoms with Crippen molar-refractivity contribution in [2.45, 2.75) is 13.0 Å². The molecule has 1 heterocycles. The minimum absolute atomic E-state index is 0.198. The van der Waals surface area contributed by atoms with Crippen molar-refractivity contribution in [2.75, 3.05) is 6.54 Å². The molecular formula is C15H14FN3O4. The van der Waals surface area contributed by atoms with Crippen molar-refractivity contribution in [2.24, 2.45) is 0 Å².